The number of nitrogens with zero attached hydrogens (tertiary/aromatic N) is 1. The van der Waals surface area contributed by atoms with Gasteiger partial charge in [0, 0.05) is 12.2 Å². The molecular formula is C31H32N2O3. The lowest BCUT2D eigenvalue weighted by Crippen LogP contribution is -2.19. The van der Waals surface area contributed by atoms with E-state index in [1.165, 1.54) is 0 Å². The number of ether oxygens (including phenoxy) is 1. The molecule has 0 radical (unpaired) electrons. The average Bonchev–Trinajstić information content (AvgIpc) is 2.88. The number of likely N-dealkylation sites (N-methyl/N-ethyl adjacent to an activating group) is 1. The Morgan fingerprint density at radius 3 is 2.28 bits per heavy atom. The fourth-order valence-corrected chi connectivity index (χ4v) is 4.24. The Labute approximate surface area is 212 Å². The predicted molar refractivity (Wildman–Crippen MR) is 148 cm³/mol. The van der Waals surface area contributed by atoms with Crippen molar-refractivity contribution in [2.45, 2.75) is 13.3 Å². The van der Waals surface area contributed by atoms with E-state index in [-0.39, 0.29) is 11.7 Å². The van der Waals surface area contributed by atoms with E-state index in [4.69, 9.17) is 4.74 Å². The van der Waals surface area contributed by atoms with Gasteiger partial charge in [-0.15, -0.1) is 0 Å². The molecule has 0 saturated heterocycles. The number of benzene rings is 4. The number of carbonyl (C=O) groups excluding carboxylic acids is 1. The van der Waals surface area contributed by atoms with E-state index in [2.05, 4.69) is 41.4 Å². The molecule has 5 nitrogen and oxygen atoms in total. The summed E-state index contributed by atoms with van der Waals surface area (Å²) in [6, 6.07) is 28.6. The number of carbonyl (C=O) groups is 1. The molecule has 0 fully saturated rings. The van der Waals surface area contributed by atoms with Crippen LogP contribution in [-0.4, -0.2) is 43.2 Å². The zero-order valence-corrected chi connectivity index (χ0v) is 21.0. The van der Waals surface area contributed by atoms with E-state index >= 15 is 0 Å². The van der Waals surface area contributed by atoms with Gasteiger partial charge in [-0.3, -0.25) is 4.79 Å². The van der Waals surface area contributed by atoms with Crippen LogP contribution in [0.3, 0.4) is 0 Å². The number of anilines is 1. The zero-order valence-electron chi connectivity index (χ0n) is 21.0. The minimum absolute atomic E-state index is 0.159. The summed E-state index contributed by atoms with van der Waals surface area (Å²) >= 11 is 0. The average molecular weight is 481 g/mol. The number of allylic oxidation sites excluding steroid dienone is 1. The molecule has 0 aliphatic heterocycles. The number of rotatable bonds is 9. The maximum atomic E-state index is 13.8. The first kappa shape index (κ1) is 25.0. The van der Waals surface area contributed by atoms with Crippen molar-refractivity contribution in [2.24, 2.45) is 0 Å². The van der Waals surface area contributed by atoms with Crippen LogP contribution in [-0.2, 0) is 4.79 Å². The molecule has 5 heteroatoms. The van der Waals surface area contributed by atoms with Crippen LogP contribution < -0.4 is 10.1 Å². The highest BCUT2D eigenvalue weighted by molar-refractivity contribution is 6.32. The lowest BCUT2D eigenvalue weighted by atomic mass is 9.89. The molecule has 0 heterocycles. The largest absolute Gasteiger partial charge is 0.508 e. The Morgan fingerprint density at radius 2 is 1.58 bits per heavy atom. The minimum atomic E-state index is -0.202. The van der Waals surface area contributed by atoms with Crippen LogP contribution in [0.15, 0.2) is 91.0 Å². The van der Waals surface area contributed by atoms with Crippen LogP contribution in [0.4, 0.5) is 5.69 Å². The Bertz CT molecular complexity index is 1350. The molecular weight excluding hydrogens is 448 g/mol. The van der Waals surface area contributed by atoms with Gasteiger partial charge in [0.05, 0.1) is 5.57 Å². The predicted octanol–water partition coefficient (Wildman–Crippen LogP) is 6.45. The van der Waals surface area contributed by atoms with Crippen LogP contribution in [0.5, 0.6) is 11.5 Å². The first-order chi connectivity index (χ1) is 17.5. The standard InChI is InChI=1S/C31H32N2O3/c1-4-27(29-11-7-9-22-8-5-6-10-28(22)29)30(23-12-16-25(34)17-13-23)31(35)32-24-14-18-26(19-15-24)36-21-20-33(2)3/h5-19,34H,4,20-21H2,1-3H3,(H,32,35)/b30-27+. The van der Waals surface area contributed by atoms with Gasteiger partial charge in [-0.1, -0.05) is 61.5 Å². The van der Waals surface area contributed by atoms with Crippen molar-refractivity contribution in [1.82, 2.24) is 4.90 Å². The van der Waals surface area contributed by atoms with Gasteiger partial charge in [-0.05, 0) is 84.4 Å². The van der Waals surface area contributed by atoms with Gasteiger partial charge in [-0.2, -0.15) is 0 Å². The second kappa shape index (κ2) is 11.6. The van der Waals surface area contributed by atoms with Gasteiger partial charge >= 0.3 is 0 Å². The van der Waals surface area contributed by atoms with Crippen molar-refractivity contribution in [2.75, 3.05) is 32.6 Å². The van der Waals surface area contributed by atoms with Crippen LogP contribution in [0.2, 0.25) is 0 Å². The number of amides is 1. The maximum Gasteiger partial charge on any atom is 0.256 e. The Balaban J connectivity index is 1.71. The number of aromatic hydroxyl groups is 1. The summed E-state index contributed by atoms with van der Waals surface area (Å²) in [5.41, 5.74) is 3.99. The summed E-state index contributed by atoms with van der Waals surface area (Å²) in [7, 11) is 4.01. The third-order valence-corrected chi connectivity index (χ3v) is 6.07. The fourth-order valence-electron chi connectivity index (χ4n) is 4.24. The molecule has 0 spiro atoms. The fraction of sp³-hybridized carbons (Fsp3) is 0.194. The third-order valence-electron chi connectivity index (χ3n) is 6.07. The van der Waals surface area contributed by atoms with Gasteiger partial charge in [0.25, 0.3) is 5.91 Å². The highest BCUT2D eigenvalue weighted by atomic mass is 16.5. The topological polar surface area (TPSA) is 61.8 Å². The second-order valence-electron chi connectivity index (χ2n) is 8.91. The lowest BCUT2D eigenvalue weighted by molar-refractivity contribution is -0.111. The molecule has 36 heavy (non-hydrogen) atoms. The Kier molecular flexibility index (Phi) is 8.03. The molecule has 0 saturated carbocycles. The van der Waals surface area contributed by atoms with Crippen molar-refractivity contribution >= 4 is 33.5 Å². The highest BCUT2D eigenvalue weighted by Gasteiger charge is 2.20. The number of nitrogens with one attached hydrogen (secondary N) is 1. The van der Waals surface area contributed by atoms with Crippen LogP contribution in [0.25, 0.3) is 21.9 Å². The summed E-state index contributed by atoms with van der Waals surface area (Å²) in [4.78, 5) is 15.8. The van der Waals surface area contributed by atoms with Crippen molar-refractivity contribution < 1.29 is 14.6 Å². The van der Waals surface area contributed by atoms with E-state index in [9.17, 15) is 9.90 Å². The number of fused-ring (bicyclic) bond motifs is 1. The number of phenols is 1. The van der Waals surface area contributed by atoms with E-state index < -0.39 is 0 Å². The molecule has 0 aromatic heterocycles. The van der Waals surface area contributed by atoms with E-state index in [1.54, 1.807) is 24.3 Å². The second-order valence-corrected chi connectivity index (χ2v) is 8.91. The molecule has 2 N–H and O–H groups in total. The van der Waals surface area contributed by atoms with Crippen molar-refractivity contribution in [3.63, 3.8) is 0 Å². The summed E-state index contributed by atoms with van der Waals surface area (Å²) in [6.07, 6.45) is 0.663. The quantitative estimate of drug-likeness (QED) is 0.214. The molecule has 0 unspecified atom stereocenters. The number of hydrogen-bond acceptors (Lipinski definition) is 4. The first-order valence-corrected chi connectivity index (χ1v) is 12.2. The van der Waals surface area contributed by atoms with Gasteiger partial charge in [0.2, 0.25) is 0 Å². The van der Waals surface area contributed by atoms with Crippen LogP contribution >= 0.6 is 0 Å². The van der Waals surface area contributed by atoms with Crippen LogP contribution in [0, 0.1) is 0 Å². The maximum absolute atomic E-state index is 13.8. The van der Waals surface area contributed by atoms with Crippen molar-refractivity contribution in [1.29, 1.82) is 0 Å². The van der Waals surface area contributed by atoms with Crippen LogP contribution in [0.1, 0.15) is 24.5 Å². The lowest BCUT2D eigenvalue weighted by Gasteiger charge is -2.17. The summed E-state index contributed by atoms with van der Waals surface area (Å²) in [6.45, 7) is 3.48. The molecule has 184 valence electrons. The van der Waals surface area contributed by atoms with E-state index in [0.717, 1.165) is 39.8 Å². The van der Waals surface area contributed by atoms with E-state index in [0.29, 0.717) is 24.3 Å². The molecule has 4 rings (SSSR count). The third kappa shape index (κ3) is 5.93. The summed E-state index contributed by atoms with van der Waals surface area (Å²) in [5, 5.41) is 15.1. The molecule has 0 aliphatic rings. The summed E-state index contributed by atoms with van der Waals surface area (Å²) in [5.74, 6) is 0.715. The normalized spacial score (nSPS) is 11.9. The summed E-state index contributed by atoms with van der Waals surface area (Å²) < 4.78 is 5.77. The Morgan fingerprint density at radius 1 is 0.889 bits per heavy atom. The van der Waals surface area contributed by atoms with Gasteiger partial charge < -0.3 is 20.1 Å². The first-order valence-electron chi connectivity index (χ1n) is 12.2. The molecule has 4 aromatic carbocycles. The monoisotopic (exact) mass is 480 g/mol. The SMILES string of the molecule is CC/C(=C(\C(=O)Nc1ccc(OCCN(C)C)cc1)c1ccc(O)cc1)c1cccc2ccccc12. The van der Waals surface area contributed by atoms with Gasteiger partial charge in [-0.25, -0.2) is 0 Å². The van der Waals surface area contributed by atoms with E-state index in [1.807, 2.05) is 56.6 Å². The molecule has 1 amide bonds. The van der Waals surface area contributed by atoms with Crippen molar-refractivity contribution in [3.05, 3.63) is 102 Å². The molecule has 4 aromatic rings. The number of phenolic OH excluding ortho intramolecular Hbond substituents is 1. The molecule has 0 bridgehead atoms. The zero-order chi connectivity index (χ0) is 25.5. The number of hydrogen-bond donors (Lipinski definition) is 2. The van der Waals surface area contributed by atoms with Gasteiger partial charge in [0.1, 0.15) is 18.1 Å². The minimum Gasteiger partial charge on any atom is -0.508 e. The highest BCUT2D eigenvalue weighted by Crippen LogP contribution is 2.35. The smallest absolute Gasteiger partial charge is 0.256 e. The Hall–Kier alpha value is -4.09. The molecule has 0 aliphatic carbocycles. The van der Waals surface area contributed by atoms with Crippen molar-refractivity contribution in [3.8, 4) is 11.5 Å². The van der Waals surface area contributed by atoms with Gasteiger partial charge in [0.15, 0.2) is 0 Å². The molecule has 0 atom stereocenters.